The Morgan fingerprint density at radius 3 is 2.80 bits per heavy atom. The SMILES string of the molecule is CCCSCC(Cl)C(=O)O. The van der Waals surface area contributed by atoms with Crippen molar-refractivity contribution in [1.29, 1.82) is 0 Å². The van der Waals surface area contributed by atoms with Gasteiger partial charge in [-0.15, -0.1) is 11.6 Å². The fourth-order valence-electron chi connectivity index (χ4n) is 0.402. The van der Waals surface area contributed by atoms with Crippen LogP contribution >= 0.6 is 23.4 Å². The molecule has 1 N–H and O–H groups in total. The number of carboxylic acid groups (broad SMARTS) is 1. The molecular formula is C6H11ClO2S. The molecule has 0 aliphatic rings. The molecule has 60 valence electrons. The number of alkyl halides is 1. The molecule has 1 unspecified atom stereocenters. The van der Waals surface area contributed by atoms with E-state index >= 15 is 0 Å². The van der Waals surface area contributed by atoms with Crippen LogP contribution in [0.3, 0.4) is 0 Å². The second kappa shape index (κ2) is 5.86. The zero-order chi connectivity index (χ0) is 7.98. The molecule has 0 aliphatic carbocycles. The Morgan fingerprint density at radius 1 is 1.80 bits per heavy atom. The first-order valence-electron chi connectivity index (χ1n) is 3.13. The normalized spacial score (nSPS) is 13.0. The van der Waals surface area contributed by atoms with Crippen molar-refractivity contribution in [2.75, 3.05) is 11.5 Å². The number of halogens is 1. The summed E-state index contributed by atoms with van der Waals surface area (Å²) < 4.78 is 0. The van der Waals surface area contributed by atoms with E-state index in [0.29, 0.717) is 5.75 Å². The molecule has 0 aromatic rings. The third-order valence-corrected chi connectivity index (χ3v) is 2.67. The Morgan fingerprint density at radius 2 is 2.40 bits per heavy atom. The van der Waals surface area contributed by atoms with Crippen molar-refractivity contribution >= 4 is 29.3 Å². The van der Waals surface area contributed by atoms with Crippen LogP contribution in [0.5, 0.6) is 0 Å². The molecule has 0 spiro atoms. The third-order valence-electron chi connectivity index (χ3n) is 0.881. The molecular weight excluding hydrogens is 172 g/mol. The van der Waals surface area contributed by atoms with E-state index < -0.39 is 11.3 Å². The molecule has 1 atom stereocenters. The van der Waals surface area contributed by atoms with Crippen LogP contribution in [0.2, 0.25) is 0 Å². The second-order valence-corrected chi connectivity index (χ2v) is 3.56. The minimum Gasteiger partial charge on any atom is -0.480 e. The predicted octanol–water partition coefficient (Wildman–Crippen LogP) is 1.82. The maximum Gasteiger partial charge on any atom is 0.322 e. The number of rotatable bonds is 5. The number of thioether (sulfide) groups is 1. The highest BCUT2D eigenvalue weighted by Gasteiger charge is 2.11. The maximum atomic E-state index is 10.1. The van der Waals surface area contributed by atoms with Crippen LogP contribution in [-0.2, 0) is 4.79 Å². The molecule has 0 radical (unpaired) electrons. The van der Waals surface area contributed by atoms with Gasteiger partial charge in [-0.2, -0.15) is 11.8 Å². The Bertz CT molecular complexity index is 108. The molecule has 0 aromatic heterocycles. The minimum atomic E-state index is -0.926. The van der Waals surface area contributed by atoms with Gasteiger partial charge in [-0.05, 0) is 12.2 Å². The summed E-state index contributed by atoms with van der Waals surface area (Å²) in [6.07, 6.45) is 1.06. The highest BCUT2D eigenvalue weighted by Crippen LogP contribution is 2.08. The van der Waals surface area contributed by atoms with Crippen LogP contribution in [0.25, 0.3) is 0 Å². The van der Waals surface area contributed by atoms with E-state index in [1.165, 1.54) is 0 Å². The van der Waals surface area contributed by atoms with E-state index in [1.54, 1.807) is 11.8 Å². The predicted molar refractivity (Wildman–Crippen MR) is 44.9 cm³/mol. The Hall–Kier alpha value is 0.110. The van der Waals surface area contributed by atoms with Crippen LogP contribution < -0.4 is 0 Å². The first kappa shape index (κ1) is 10.1. The zero-order valence-corrected chi connectivity index (χ0v) is 7.41. The van der Waals surface area contributed by atoms with Gasteiger partial charge < -0.3 is 5.11 Å². The van der Waals surface area contributed by atoms with Crippen LogP contribution in [0.1, 0.15) is 13.3 Å². The Labute approximate surface area is 69.9 Å². The fraction of sp³-hybridized carbons (Fsp3) is 0.833. The summed E-state index contributed by atoms with van der Waals surface area (Å²) in [7, 11) is 0. The summed E-state index contributed by atoms with van der Waals surface area (Å²) in [5.41, 5.74) is 0. The number of hydrogen-bond donors (Lipinski definition) is 1. The summed E-state index contributed by atoms with van der Waals surface area (Å²) in [6.45, 7) is 2.05. The summed E-state index contributed by atoms with van der Waals surface area (Å²) >= 11 is 7.01. The molecule has 4 heteroatoms. The van der Waals surface area contributed by atoms with E-state index in [9.17, 15) is 4.79 Å². The van der Waals surface area contributed by atoms with Crippen molar-refractivity contribution in [1.82, 2.24) is 0 Å². The van der Waals surface area contributed by atoms with Gasteiger partial charge in [-0.25, -0.2) is 0 Å². The lowest BCUT2D eigenvalue weighted by Gasteiger charge is -2.01. The van der Waals surface area contributed by atoms with E-state index in [2.05, 4.69) is 6.92 Å². The number of carboxylic acids is 1. The molecule has 0 aliphatic heterocycles. The summed E-state index contributed by atoms with van der Waals surface area (Å²) in [6, 6.07) is 0. The van der Waals surface area contributed by atoms with Gasteiger partial charge in [0.05, 0.1) is 0 Å². The van der Waals surface area contributed by atoms with E-state index in [0.717, 1.165) is 12.2 Å². The van der Waals surface area contributed by atoms with E-state index in [1.807, 2.05) is 0 Å². The van der Waals surface area contributed by atoms with E-state index in [4.69, 9.17) is 16.7 Å². The molecule has 0 saturated heterocycles. The van der Waals surface area contributed by atoms with Gasteiger partial charge in [0.1, 0.15) is 5.38 Å². The zero-order valence-electron chi connectivity index (χ0n) is 5.84. The lowest BCUT2D eigenvalue weighted by Crippen LogP contribution is -2.15. The highest BCUT2D eigenvalue weighted by molar-refractivity contribution is 7.99. The topological polar surface area (TPSA) is 37.3 Å². The van der Waals surface area contributed by atoms with Crippen molar-refractivity contribution in [3.05, 3.63) is 0 Å². The molecule has 10 heavy (non-hydrogen) atoms. The van der Waals surface area contributed by atoms with Crippen LogP contribution in [0.4, 0.5) is 0 Å². The smallest absolute Gasteiger partial charge is 0.322 e. The van der Waals surface area contributed by atoms with E-state index in [-0.39, 0.29) is 0 Å². The summed E-state index contributed by atoms with van der Waals surface area (Å²) in [5, 5.41) is 7.61. The summed E-state index contributed by atoms with van der Waals surface area (Å²) in [5.74, 6) is 0.562. The molecule has 0 heterocycles. The third kappa shape index (κ3) is 4.94. The fourth-order valence-corrected chi connectivity index (χ4v) is 1.47. The van der Waals surface area contributed by atoms with Crippen molar-refractivity contribution in [2.45, 2.75) is 18.7 Å². The Kier molecular flexibility index (Phi) is 5.93. The molecule has 0 fully saturated rings. The number of hydrogen-bond acceptors (Lipinski definition) is 2. The van der Waals surface area contributed by atoms with Gasteiger partial charge in [-0.1, -0.05) is 6.92 Å². The van der Waals surface area contributed by atoms with Gasteiger partial charge in [0, 0.05) is 5.75 Å². The van der Waals surface area contributed by atoms with Gasteiger partial charge in [0.2, 0.25) is 0 Å². The molecule has 0 rings (SSSR count). The van der Waals surface area contributed by atoms with Gasteiger partial charge in [-0.3, -0.25) is 4.79 Å². The largest absolute Gasteiger partial charge is 0.480 e. The molecule has 0 aromatic carbocycles. The van der Waals surface area contributed by atoms with Gasteiger partial charge >= 0.3 is 5.97 Å². The van der Waals surface area contributed by atoms with Crippen molar-refractivity contribution in [3.8, 4) is 0 Å². The second-order valence-electron chi connectivity index (χ2n) is 1.88. The van der Waals surface area contributed by atoms with Crippen LogP contribution in [-0.4, -0.2) is 28.0 Å². The molecule has 0 bridgehead atoms. The van der Waals surface area contributed by atoms with Crippen LogP contribution in [0.15, 0.2) is 0 Å². The van der Waals surface area contributed by atoms with Crippen LogP contribution in [0, 0.1) is 0 Å². The minimum absolute atomic E-state index is 0.505. The first-order valence-corrected chi connectivity index (χ1v) is 4.72. The number of carbonyl (C=O) groups is 1. The van der Waals surface area contributed by atoms with Crippen molar-refractivity contribution in [3.63, 3.8) is 0 Å². The van der Waals surface area contributed by atoms with Crippen molar-refractivity contribution < 1.29 is 9.90 Å². The Balaban J connectivity index is 3.21. The van der Waals surface area contributed by atoms with Gasteiger partial charge in [0.25, 0.3) is 0 Å². The average Bonchev–Trinajstić information content (AvgIpc) is 1.88. The molecule has 0 amide bonds. The molecule has 0 saturated carbocycles. The monoisotopic (exact) mass is 182 g/mol. The van der Waals surface area contributed by atoms with Crippen molar-refractivity contribution in [2.24, 2.45) is 0 Å². The molecule has 2 nitrogen and oxygen atoms in total. The van der Waals surface area contributed by atoms with Gasteiger partial charge in [0.15, 0.2) is 0 Å². The quantitative estimate of drug-likeness (QED) is 0.521. The first-order chi connectivity index (χ1) is 4.68. The lowest BCUT2D eigenvalue weighted by atomic mass is 10.5. The maximum absolute atomic E-state index is 10.1. The highest BCUT2D eigenvalue weighted by atomic mass is 35.5. The average molecular weight is 183 g/mol. The lowest BCUT2D eigenvalue weighted by molar-refractivity contribution is -0.136. The summed E-state index contributed by atoms with van der Waals surface area (Å²) in [4.78, 5) is 10.1. The number of aliphatic carboxylic acids is 1. The standard InChI is InChI=1S/C6H11ClO2S/c1-2-3-10-4-5(7)6(8)9/h5H,2-4H2,1H3,(H,8,9).